The number of likely N-dealkylation sites (N-methyl/N-ethyl adjacent to an activating group) is 1. The number of halogens is 4. The van der Waals surface area contributed by atoms with Crippen LogP contribution in [0.2, 0.25) is 0 Å². The molecule has 3 heterocycles. The van der Waals surface area contributed by atoms with Gasteiger partial charge in [0.1, 0.15) is 29.6 Å². The lowest BCUT2D eigenvalue weighted by Gasteiger charge is -2.15. The van der Waals surface area contributed by atoms with Crippen LogP contribution in [0.5, 0.6) is 5.75 Å². The van der Waals surface area contributed by atoms with Crippen molar-refractivity contribution in [2.45, 2.75) is 6.18 Å². The van der Waals surface area contributed by atoms with Crippen LogP contribution in [0.25, 0.3) is 33.9 Å². The zero-order valence-electron chi connectivity index (χ0n) is 18.6. The lowest BCUT2D eigenvalue weighted by atomic mass is 10.0. The number of alkyl halides is 3. The number of aryl methyl sites for hydroxylation is 1. The van der Waals surface area contributed by atoms with E-state index in [-0.39, 0.29) is 11.3 Å². The average Bonchev–Trinajstić information content (AvgIpc) is 3.41. The summed E-state index contributed by atoms with van der Waals surface area (Å²) in [6.45, 7) is 0.952. The molecule has 8 nitrogen and oxygen atoms in total. The van der Waals surface area contributed by atoms with Gasteiger partial charge in [-0.05, 0) is 38.4 Å². The molecule has 0 radical (unpaired) electrons. The highest BCUT2D eigenvalue weighted by Crippen LogP contribution is 2.38. The Balaban J connectivity index is 1.78. The largest absolute Gasteiger partial charge is 0.491 e. The van der Waals surface area contributed by atoms with Crippen LogP contribution in [0.1, 0.15) is 5.69 Å². The van der Waals surface area contributed by atoms with Gasteiger partial charge in [0.25, 0.3) is 0 Å². The molecule has 34 heavy (non-hydrogen) atoms. The van der Waals surface area contributed by atoms with Gasteiger partial charge in [0, 0.05) is 37.0 Å². The number of imidazole rings is 1. The Morgan fingerprint density at radius 1 is 1.06 bits per heavy atom. The smallest absolute Gasteiger partial charge is 0.437 e. The quantitative estimate of drug-likeness (QED) is 0.407. The molecule has 4 rings (SSSR count). The molecule has 0 aliphatic heterocycles. The molecule has 178 valence electrons. The van der Waals surface area contributed by atoms with Gasteiger partial charge in [-0.15, -0.1) is 0 Å². The maximum Gasteiger partial charge on any atom is 0.437 e. The van der Waals surface area contributed by atoms with E-state index in [2.05, 4.69) is 20.2 Å². The molecule has 1 N–H and O–H groups in total. The number of nitrogens with one attached hydrogen (secondary N) is 1. The van der Waals surface area contributed by atoms with E-state index in [0.29, 0.717) is 41.5 Å². The summed E-state index contributed by atoms with van der Waals surface area (Å²) in [4.78, 5) is 10.6. The van der Waals surface area contributed by atoms with Crippen molar-refractivity contribution in [1.29, 1.82) is 0 Å². The Morgan fingerprint density at radius 2 is 1.85 bits per heavy atom. The van der Waals surface area contributed by atoms with Gasteiger partial charge in [-0.2, -0.15) is 28.6 Å². The number of H-pyrrole nitrogens is 1. The van der Waals surface area contributed by atoms with Gasteiger partial charge in [0.2, 0.25) is 0 Å². The van der Waals surface area contributed by atoms with Gasteiger partial charge in [-0.3, -0.25) is 4.98 Å². The van der Waals surface area contributed by atoms with Crippen LogP contribution in [0.4, 0.5) is 17.6 Å². The predicted molar refractivity (Wildman–Crippen MR) is 116 cm³/mol. The summed E-state index contributed by atoms with van der Waals surface area (Å²) < 4.78 is 61.5. The second-order valence-electron chi connectivity index (χ2n) is 7.79. The van der Waals surface area contributed by atoms with Crippen molar-refractivity contribution < 1.29 is 22.3 Å². The van der Waals surface area contributed by atoms with Gasteiger partial charge in [-0.1, -0.05) is 0 Å². The van der Waals surface area contributed by atoms with Crippen molar-refractivity contribution in [3.8, 4) is 39.7 Å². The number of ether oxygens (including phenoxy) is 1. The number of hydrogen-bond donors (Lipinski definition) is 1. The van der Waals surface area contributed by atoms with Crippen LogP contribution in [0, 0.1) is 5.82 Å². The summed E-state index contributed by atoms with van der Waals surface area (Å²) >= 11 is 0. The molecule has 0 aliphatic carbocycles. The van der Waals surface area contributed by atoms with E-state index in [1.54, 1.807) is 24.0 Å². The topological polar surface area (TPSA) is 84.8 Å². The fraction of sp³-hybridized carbons (Fsp3) is 0.273. The fourth-order valence-corrected chi connectivity index (χ4v) is 3.42. The maximum atomic E-state index is 14.0. The molecule has 0 bridgehead atoms. The third-order valence-corrected chi connectivity index (χ3v) is 5.02. The number of aromatic nitrogens is 6. The summed E-state index contributed by atoms with van der Waals surface area (Å²) in [5, 5.41) is 8.94. The van der Waals surface area contributed by atoms with Gasteiger partial charge in [0.15, 0.2) is 5.69 Å². The first-order chi connectivity index (χ1) is 16.1. The van der Waals surface area contributed by atoms with Crippen molar-refractivity contribution in [1.82, 2.24) is 34.8 Å². The molecule has 0 saturated heterocycles. The summed E-state index contributed by atoms with van der Waals surface area (Å²) in [6.07, 6.45) is -1.75. The van der Waals surface area contributed by atoms with Crippen molar-refractivity contribution in [3.63, 3.8) is 0 Å². The predicted octanol–water partition coefficient (Wildman–Crippen LogP) is 4.03. The summed E-state index contributed by atoms with van der Waals surface area (Å²) in [5.41, 5.74) is 0.548. The van der Waals surface area contributed by atoms with E-state index in [0.717, 1.165) is 0 Å². The molecule has 1 aromatic carbocycles. The first-order valence-corrected chi connectivity index (χ1v) is 10.2. The summed E-state index contributed by atoms with van der Waals surface area (Å²) in [7, 11) is 5.54. The molecular weight excluding hydrogens is 454 g/mol. The Hall–Kier alpha value is -3.80. The number of hydrogen-bond acceptors (Lipinski definition) is 6. The van der Waals surface area contributed by atoms with Crippen LogP contribution in [-0.2, 0) is 13.2 Å². The van der Waals surface area contributed by atoms with Crippen LogP contribution in [0.3, 0.4) is 0 Å². The molecule has 0 saturated carbocycles. The molecular formula is C22H21F4N7O. The highest BCUT2D eigenvalue weighted by molar-refractivity contribution is 5.82. The molecule has 0 aliphatic rings. The van der Waals surface area contributed by atoms with E-state index in [9.17, 15) is 17.6 Å². The van der Waals surface area contributed by atoms with Crippen molar-refractivity contribution in [2.75, 3.05) is 27.2 Å². The molecule has 0 atom stereocenters. The lowest BCUT2D eigenvalue weighted by molar-refractivity contribution is -0.140. The Bertz CT molecular complexity index is 1300. The lowest BCUT2D eigenvalue weighted by Crippen LogP contribution is -2.19. The minimum Gasteiger partial charge on any atom is -0.491 e. The van der Waals surface area contributed by atoms with Gasteiger partial charge in [0.05, 0.1) is 17.7 Å². The Labute approximate surface area is 192 Å². The first kappa shape index (κ1) is 23.4. The zero-order valence-corrected chi connectivity index (χ0v) is 18.6. The van der Waals surface area contributed by atoms with Crippen LogP contribution in [0.15, 0.2) is 42.9 Å². The minimum atomic E-state index is -4.67. The minimum absolute atomic E-state index is 0.171. The van der Waals surface area contributed by atoms with Gasteiger partial charge >= 0.3 is 6.18 Å². The van der Waals surface area contributed by atoms with Crippen molar-refractivity contribution in [2.24, 2.45) is 7.05 Å². The third-order valence-electron chi connectivity index (χ3n) is 5.02. The first-order valence-electron chi connectivity index (χ1n) is 10.2. The monoisotopic (exact) mass is 475 g/mol. The molecule has 12 heteroatoms. The van der Waals surface area contributed by atoms with Gasteiger partial charge in [-0.25, -0.2) is 9.37 Å². The molecule has 0 unspecified atom stereocenters. The average molecular weight is 475 g/mol. The Morgan fingerprint density at radius 3 is 2.59 bits per heavy atom. The van der Waals surface area contributed by atoms with Crippen LogP contribution in [-0.4, -0.2) is 62.1 Å². The number of rotatable bonds is 7. The standard InChI is InChI=1S/C22H21F4N7O/c1-32(2)8-9-34-17-11-14(23)4-5-15(17)20-19(28-12-33(20)3)16-10-13(6-7-27-16)18-21(22(24,25)26)30-31-29-18/h4-7,10-12H,8-9H2,1-3H3,(H,29,30,31). The zero-order chi connectivity index (χ0) is 24.5. The van der Waals surface area contributed by atoms with E-state index in [1.807, 2.05) is 24.2 Å². The van der Waals surface area contributed by atoms with Crippen LogP contribution < -0.4 is 4.74 Å². The fourth-order valence-electron chi connectivity index (χ4n) is 3.42. The van der Waals surface area contributed by atoms with E-state index < -0.39 is 17.7 Å². The van der Waals surface area contributed by atoms with Crippen molar-refractivity contribution in [3.05, 3.63) is 54.4 Å². The van der Waals surface area contributed by atoms with E-state index in [1.165, 1.54) is 30.5 Å². The maximum absolute atomic E-state index is 14.0. The number of benzene rings is 1. The van der Waals surface area contributed by atoms with Gasteiger partial charge < -0.3 is 14.2 Å². The highest BCUT2D eigenvalue weighted by Gasteiger charge is 2.38. The summed E-state index contributed by atoms with van der Waals surface area (Å²) in [5.74, 6) is -0.142. The third kappa shape index (κ3) is 4.76. The normalized spacial score (nSPS) is 11.9. The number of aromatic amines is 1. The van der Waals surface area contributed by atoms with E-state index >= 15 is 0 Å². The second-order valence-corrected chi connectivity index (χ2v) is 7.79. The Kier molecular flexibility index (Phi) is 6.33. The highest BCUT2D eigenvalue weighted by atomic mass is 19.4. The number of pyridine rings is 1. The molecule has 0 amide bonds. The second kappa shape index (κ2) is 9.21. The molecule has 0 spiro atoms. The molecule has 4 aromatic rings. The van der Waals surface area contributed by atoms with E-state index in [4.69, 9.17) is 4.74 Å². The van der Waals surface area contributed by atoms with Crippen molar-refractivity contribution >= 4 is 0 Å². The number of nitrogens with zero attached hydrogens (tertiary/aromatic N) is 6. The SMILES string of the molecule is CN(C)CCOc1cc(F)ccc1-c1c(-c2cc(-c3n[nH]nc3C(F)(F)F)ccn2)ncn1C. The summed E-state index contributed by atoms with van der Waals surface area (Å²) in [6, 6.07) is 7.03. The van der Waals surface area contributed by atoms with Crippen LogP contribution >= 0.6 is 0 Å². The molecule has 0 fully saturated rings. The molecule has 3 aromatic heterocycles.